The van der Waals surface area contributed by atoms with Gasteiger partial charge < -0.3 is 9.64 Å². The third-order valence-corrected chi connectivity index (χ3v) is 3.07. The van der Waals surface area contributed by atoms with Crippen molar-refractivity contribution < 1.29 is 4.74 Å². The minimum absolute atomic E-state index is 0.0821. The molecule has 0 bridgehead atoms. The van der Waals surface area contributed by atoms with Crippen LogP contribution in [0.5, 0.6) is 5.75 Å². The molecule has 2 nitrogen and oxygen atoms in total. The van der Waals surface area contributed by atoms with Crippen molar-refractivity contribution in [1.82, 2.24) is 0 Å². The number of methoxy groups -OCH3 is 1. The van der Waals surface area contributed by atoms with Gasteiger partial charge in [-0.05, 0) is 23.6 Å². The normalized spacial score (nSPS) is 11.4. The Morgan fingerprint density at radius 2 is 1.94 bits per heavy atom. The zero-order chi connectivity index (χ0) is 12.3. The molecule has 1 aromatic carbocycles. The van der Waals surface area contributed by atoms with Crippen LogP contribution < -0.4 is 9.64 Å². The third kappa shape index (κ3) is 2.85. The van der Waals surface area contributed by atoms with Crippen LogP contribution in [0.3, 0.4) is 0 Å². The predicted molar refractivity (Wildman–Crippen MR) is 74.0 cm³/mol. The topological polar surface area (TPSA) is 12.5 Å². The van der Waals surface area contributed by atoms with Gasteiger partial charge in [0.25, 0.3) is 0 Å². The van der Waals surface area contributed by atoms with Gasteiger partial charge in [-0.1, -0.05) is 20.8 Å². The highest BCUT2D eigenvalue weighted by Gasteiger charge is 2.19. The number of ether oxygens (including phenoxy) is 1. The van der Waals surface area contributed by atoms with Crippen molar-refractivity contribution in [3.63, 3.8) is 0 Å². The number of thiol groups is 1. The number of benzene rings is 1. The van der Waals surface area contributed by atoms with E-state index in [1.807, 2.05) is 13.1 Å². The maximum absolute atomic E-state index is 5.40. The van der Waals surface area contributed by atoms with E-state index in [0.717, 1.165) is 5.75 Å². The maximum Gasteiger partial charge on any atom is 0.122 e. The minimum atomic E-state index is 0.0821. The van der Waals surface area contributed by atoms with Crippen molar-refractivity contribution >= 4 is 18.3 Å². The van der Waals surface area contributed by atoms with Crippen LogP contribution in [0.25, 0.3) is 0 Å². The second kappa shape index (κ2) is 5.00. The monoisotopic (exact) mass is 239 g/mol. The van der Waals surface area contributed by atoms with Crippen molar-refractivity contribution in [3.8, 4) is 5.75 Å². The number of hydrogen-bond acceptors (Lipinski definition) is 3. The molecule has 0 saturated carbocycles. The van der Waals surface area contributed by atoms with Gasteiger partial charge in [0.05, 0.1) is 13.0 Å². The van der Waals surface area contributed by atoms with Crippen LogP contribution in [-0.4, -0.2) is 20.0 Å². The predicted octanol–water partition coefficient (Wildman–Crippen LogP) is 3.32. The van der Waals surface area contributed by atoms with Gasteiger partial charge in [-0.25, -0.2) is 0 Å². The van der Waals surface area contributed by atoms with Gasteiger partial charge in [0.2, 0.25) is 0 Å². The summed E-state index contributed by atoms with van der Waals surface area (Å²) in [6, 6.07) is 6.26. The summed E-state index contributed by atoms with van der Waals surface area (Å²) >= 11 is 4.28. The summed E-state index contributed by atoms with van der Waals surface area (Å²) in [4.78, 5) is 2.10. The lowest BCUT2D eigenvalue weighted by atomic mass is 9.86. The molecule has 0 saturated heterocycles. The van der Waals surface area contributed by atoms with E-state index in [2.05, 4.69) is 50.4 Å². The fourth-order valence-electron chi connectivity index (χ4n) is 1.60. The molecule has 0 spiro atoms. The van der Waals surface area contributed by atoms with Gasteiger partial charge in [-0.2, -0.15) is 12.6 Å². The van der Waals surface area contributed by atoms with Crippen molar-refractivity contribution in [2.24, 2.45) is 0 Å². The average molecular weight is 239 g/mol. The Balaban J connectivity index is 3.22. The molecule has 0 aliphatic heterocycles. The highest BCUT2D eigenvalue weighted by molar-refractivity contribution is 7.80. The van der Waals surface area contributed by atoms with Crippen LogP contribution in [0.1, 0.15) is 26.3 Å². The van der Waals surface area contributed by atoms with Crippen LogP contribution in [0.15, 0.2) is 18.2 Å². The quantitative estimate of drug-likeness (QED) is 0.642. The summed E-state index contributed by atoms with van der Waals surface area (Å²) in [6.07, 6.45) is 0. The van der Waals surface area contributed by atoms with E-state index in [0.29, 0.717) is 5.88 Å². The molecule has 1 rings (SSSR count). The smallest absolute Gasteiger partial charge is 0.122 e. The standard InChI is InChI=1S/C13H21NOS/c1-13(2,3)11-8-10(14(4)9-16)6-7-12(11)15-5/h6-8,16H,9H2,1-5H3. The number of rotatable bonds is 3. The van der Waals surface area contributed by atoms with E-state index in [-0.39, 0.29) is 5.41 Å². The maximum atomic E-state index is 5.40. The molecular weight excluding hydrogens is 218 g/mol. The molecule has 0 radical (unpaired) electrons. The lowest BCUT2D eigenvalue weighted by molar-refractivity contribution is 0.397. The first kappa shape index (κ1) is 13.2. The van der Waals surface area contributed by atoms with E-state index >= 15 is 0 Å². The molecular formula is C13H21NOS. The average Bonchev–Trinajstić information content (AvgIpc) is 2.26. The Morgan fingerprint density at radius 3 is 2.38 bits per heavy atom. The molecule has 0 aromatic heterocycles. The summed E-state index contributed by atoms with van der Waals surface area (Å²) < 4.78 is 5.40. The second-order valence-electron chi connectivity index (χ2n) is 4.97. The largest absolute Gasteiger partial charge is 0.496 e. The van der Waals surface area contributed by atoms with E-state index in [1.165, 1.54) is 11.3 Å². The van der Waals surface area contributed by atoms with Crippen LogP contribution in [0.2, 0.25) is 0 Å². The van der Waals surface area contributed by atoms with Gasteiger partial charge in [-0.15, -0.1) is 0 Å². The molecule has 0 heterocycles. The Labute approximate surface area is 104 Å². The second-order valence-corrected chi connectivity index (χ2v) is 5.26. The number of anilines is 1. The van der Waals surface area contributed by atoms with Gasteiger partial charge >= 0.3 is 0 Å². The Hall–Kier alpha value is -0.830. The zero-order valence-corrected chi connectivity index (χ0v) is 11.6. The molecule has 0 N–H and O–H groups in total. The molecule has 0 unspecified atom stereocenters. The Bertz CT molecular complexity index is 357. The lowest BCUT2D eigenvalue weighted by Crippen LogP contribution is -2.17. The summed E-state index contributed by atoms with van der Waals surface area (Å²) in [6.45, 7) is 6.57. The third-order valence-electron chi connectivity index (χ3n) is 2.64. The molecule has 0 aliphatic rings. The van der Waals surface area contributed by atoms with Crippen molar-refractivity contribution in [3.05, 3.63) is 23.8 Å². The summed E-state index contributed by atoms with van der Waals surface area (Å²) in [5.74, 6) is 1.65. The summed E-state index contributed by atoms with van der Waals surface area (Å²) in [7, 11) is 3.74. The molecule has 16 heavy (non-hydrogen) atoms. The first-order valence-corrected chi connectivity index (χ1v) is 6.04. The molecule has 0 aliphatic carbocycles. The molecule has 1 aromatic rings. The van der Waals surface area contributed by atoms with Crippen molar-refractivity contribution in [2.75, 3.05) is 24.9 Å². The zero-order valence-electron chi connectivity index (χ0n) is 10.7. The number of hydrogen-bond donors (Lipinski definition) is 1. The van der Waals surface area contributed by atoms with Crippen LogP contribution in [0.4, 0.5) is 5.69 Å². The summed E-state index contributed by atoms with van der Waals surface area (Å²) in [5.41, 5.74) is 2.47. The van der Waals surface area contributed by atoms with Crippen LogP contribution >= 0.6 is 12.6 Å². The van der Waals surface area contributed by atoms with Gasteiger partial charge in [0, 0.05) is 18.3 Å². The van der Waals surface area contributed by atoms with E-state index in [1.54, 1.807) is 7.11 Å². The highest BCUT2D eigenvalue weighted by atomic mass is 32.1. The Kier molecular flexibility index (Phi) is 4.14. The molecule has 0 fully saturated rings. The number of nitrogens with zero attached hydrogens (tertiary/aromatic N) is 1. The fourth-order valence-corrected chi connectivity index (χ4v) is 1.76. The molecule has 0 amide bonds. The fraction of sp³-hybridized carbons (Fsp3) is 0.538. The van der Waals surface area contributed by atoms with Gasteiger partial charge in [0.1, 0.15) is 5.75 Å². The summed E-state index contributed by atoms with van der Waals surface area (Å²) in [5, 5.41) is 0. The lowest BCUT2D eigenvalue weighted by Gasteiger charge is -2.25. The van der Waals surface area contributed by atoms with Crippen LogP contribution in [0, 0.1) is 0 Å². The van der Waals surface area contributed by atoms with E-state index < -0.39 is 0 Å². The van der Waals surface area contributed by atoms with Crippen LogP contribution in [-0.2, 0) is 5.41 Å². The Morgan fingerprint density at radius 1 is 1.31 bits per heavy atom. The van der Waals surface area contributed by atoms with Crippen molar-refractivity contribution in [2.45, 2.75) is 26.2 Å². The van der Waals surface area contributed by atoms with Gasteiger partial charge in [-0.3, -0.25) is 0 Å². The SMILES string of the molecule is COc1ccc(N(C)CS)cc1C(C)(C)C. The van der Waals surface area contributed by atoms with Crippen molar-refractivity contribution in [1.29, 1.82) is 0 Å². The minimum Gasteiger partial charge on any atom is -0.496 e. The molecule has 90 valence electrons. The first-order chi connectivity index (χ1) is 7.40. The first-order valence-electron chi connectivity index (χ1n) is 5.40. The molecule has 0 atom stereocenters. The molecule has 3 heteroatoms. The van der Waals surface area contributed by atoms with E-state index in [4.69, 9.17) is 4.74 Å². The highest BCUT2D eigenvalue weighted by Crippen LogP contribution is 2.34. The van der Waals surface area contributed by atoms with E-state index in [9.17, 15) is 0 Å². The van der Waals surface area contributed by atoms with Gasteiger partial charge in [0.15, 0.2) is 0 Å².